The van der Waals surface area contributed by atoms with Gasteiger partial charge in [0.15, 0.2) is 0 Å². The Balaban J connectivity index is -0.000000166. The zero-order valence-corrected chi connectivity index (χ0v) is 16.0. The summed E-state index contributed by atoms with van der Waals surface area (Å²) in [7, 11) is 0. The zero-order valence-electron chi connectivity index (χ0n) is 16.0. The highest BCUT2D eigenvalue weighted by atomic mass is 16.5. The molecule has 0 spiro atoms. The molecule has 0 aromatic carbocycles. The number of Topliss-reactive ketones (excluding diaryl/α,β-unsaturated/α-hetero) is 2. The van der Waals surface area contributed by atoms with Crippen LogP contribution in [0, 0.1) is 11.3 Å². The maximum absolute atomic E-state index is 11.0. The molecule has 0 aliphatic rings. The Kier molecular flexibility index (Phi) is 26.0. The monoisotopic (exact) mass is 382 g/mol. The van der Waals surface area contributed by atoms with Gasteiger partial charge >= 0.3 is 11.9 Å². The molecule has 0 saturated carbocycles. The number of nitriles is 1. The summed E-state index contributed by atoms with van der Waals surface area (Å²) < 4.78 is 4.57. The van der Waals surface area contributed by atoms with Crippen molar-refractivity contribution in [1.82, 2.24) is 0 Å². The third-order valence-corrected chi connectivity index (χ3v) is 1.34. The molecule has 9 heteroatoms. The van der Waals surface area contributed by atoms with Crippen LogP contribution in [0.2, 0.25) is 0 Å². The lowest BCUT2D eigenvalue weighted by Gasteiger charge is -2.00. The lowest BCUT2D eigenvalue weighted by Crippen LogP contribution is -2.06. The Labute approximate surface area is 158 Å². The van der Waals surface area contributed by atoms with Crippen molar-refractivity contribution >= 4 is 29.4 Å². The van der Waals surface area contributed by atoms with Crippen molar-refractivity contribution in [2.45, 2.75) is 34.1 Å². The Hall–Kier alpha value is -3.54. The van der Waals surface area contributed by atoms with Gasteiger partial charge in [-0.25, -0.2) is 9.59 Å². The maximum Gasteiger partial charge on any atom is 0.337 e. The molecule has 0 rings (SSSR count). The van der Waals surface area contributed by atoms with Crippen LogP contribution in [0.3, 0.4) is 0 Å². The second-order valence-corrected chi connectivity index (χ2v) is 4.66. The van der Waals surface area contributed by atoms with E-state index in [1.165, 1.54) is 27.7 Å². The van der Waals surface area contributed by atoms with E-state index < -0.39 is 17.8 Å². The first kappa shape index (κ1) is 31.3. The molecule has 0 aromatic heterocycles. The molecule has 0 aliphatic carbocycles. The molecule has 0 heterocycles. The van der Waals surface area contributed by atoms with Gasteiger partial charge in [0.1, 0.15) is 18.2 Å². The van der Waals surface area contributed by atoms with Crippen molar-refractivity contribution in [1.29, 1.82) is 5.26 Å². The number of primary amides is 1. The SMILES string of the molecule is C=C(C=CC(=O)O)C(=O)OCCC#N.C=CC(N)=O.CC(C)=O.CC(C)=O. The molecular formula is C18H26N2O7. The van der Waals surface area contributed by atoms with Crippen molar-refractivity contribution in [3.63, 3.8) is 0 Å². The summed E-state index contributed by atoms with van der Waals surface area (Å²) in [5, 5.41) is 16.4. The van der Waals surface area contributed by atoms with Gasteiger partial charge in [-0.05, 0) is 39.8 Å². The summed E-state index contributed by atoms with van der Waals surface area (Å²) >= 11 is 0. The van der Waals surface area contributed by atoms with Crippen LogP contribution in [0.25, 0.3) is 0 Å². The van der Waals surface area contributed by atoms with Crippen molar-refractivity contribution in [2.24, 2.45) is 5.73 Å². The standard InChI is InChI=1S/C9H9NO4.C3H5NO.2C3H6O/c1-7(3-4-8(11)12)9(13)14-6-2-5-10;1-2-3(4)5;2*1-3(2)4/h3-4H,1-2,6H2,(H,11,12);2H,1H2,(H2,4,5);2*1-2H3. The Morgan fingerprint density at radius 2 is 1.44 bits per heavy atom. The largest absolute Gasteiger partial charge is 0.478 e. The minimum atomic E-state index is -1.17. The lowest BCUT2D eigenvalue weighted by atomic mass is 10.3. The highest BCUT2D eigenvalue weighted by Crippen LogP contribution is 1.97. The first-order valence-corrected chi connectivity index (χ1v) is 7.31. The van der Waals surface area contributed by atoms with Gasteiger partial charge in [0.2, 0.25) is 5.91 Å². The van der Waals surface area contributed by atoms with Crippen LogP contribution in [0.5, 0.6) is 0 Å². The molecule has 0 atom stereocenters. The summed E-state index contributed by atoms with van der Waals surface area (Å²) in [6, 6.07) is 1.79. The summed E-state index contributed by atoms with van der Waals surface area (Å²) in [6.07, 6.45) is 2.98. The molecule has 150 valence electrons. The quantitative estimate of drug-likeness (QED) is 0.302. The highest BCUT2D eigenvalue weighted by Gasteiger charge is 2.04. The summed E-state index contributed by atoms with van der Waals surface area (Å²) in [4.78, 5) is 49.4. The number of carboxylic acid groups (broad SMARTS) is 1. The molecule has 0 aromatic rings. The second-order valence-electron chi connectivity index (χ2n) is 4.66. The number of ketones is 2. The fourth-order valence-electron chi connectivity index (χ4n) is 0.522. The molecular weight excluding hydrogens is 356 g/mol. The number of nitrogens with two attached hydrogens (primary N) is 1. The average Bonchev–Trinajstić information content (AvgIpc) is 2.52. The molecule has 0 unspecified atom stereocenters. The van der Waals surface area contributed by atoms with Crippen molar-refractivity contribution in [3.8, 4) is 6.07 Å². The highest BCUT2D eigenvalue weighted by molar-refractivity contribution is 5.93. The number of rotatable bonds is 6. The van der Waals surface area contributed by atoms with E-state index in [2.05, 4.69) is 23.6 Å². The smallest absolute Gasteiger partial charge is 0.337 e. The van der Waals surface area contributed by atoms with Gasteiger partial charge in [0.25, 0.3) is 0 Å². The zero-order chi connectivity index (χ0) is 22.4. The van der Waals surface area contributed by atoms with Gasteiger partial charge in [-0.15, -0.1) is 0 Å². The number of carbonyl (C=O) groups excluding carboxylic acids is 4. The topological polar surface area (TPSA) is 165 Å². The van der Waals surface area contributed by atoms with Gasteiger partial charge in [0, 0.05) is 6.08 Å². The number of hydrogen-bond donors (Lipinski definition) is 2. The van der Waals surface area contributed by atoms with Gasteiger partial charge in [-0.3, -0.25) is 4.79 Å². The van der Waals surface area contributed by atoms with Crippen LogP contribution in [0.1, 0.15) is 34.1 Å². The molecule has 0 radical (unpaired) electrons. The van der Waals surface area contributed by atoms with E-state index in [-0.39, 0.29) is 30.2 Å². The molecule has 0 fully saturated rings. The van der Waals surface area contributed by atoms with Crippen molar-refractivity contribution in [2.75, 3.05) is 6.61 Å². The fourth-order valence-corrected chi connectivity index (χ4v) is 0.522. The average molecular weight is 382 g/mol. The molecule has 0 saturated heterocycles. The molecule has 0 bridgehead atoms. The van der Waals surface area contributed by atoms with Gasteiger partial charge in [-0.2, -0.15) is 5.26 Å². The Morgan fingerprint density at radius 3 is 1.70 bits per heavy atom. The normalized spacial score (nSPS) is 7.96. The Bertz CT molecular complexity index is 579. The van der Waals surface area contributed by atoms with E-state index in [0.717, 1.165) is 18.2 Å². The number of carboxylic acids is 1. The van der Waals surface area contributed by atoms with Crippen LogP contribution in [0.4, 0.5) is 0 Å². The van der Waals surface area contributed by atoms with E-state index in [1.807, 2.05) is 0 Å². The van der Waals surface area contributed by atoms with Gasteiger partial charge in [0.05, 0.1) is 18.1 Å². The van der Waals surface area contributed by atoms with E-state index in [9.17, 15) is 24.0 Å². The number of ether oxygens (including phenoxy) is 1. The van der Waals surface area contributed by atoms with Crippen LogP contribution < -0.4 is 5.73 Å². The number of aliphatic carboxylic acids is 1. The van der Waals surface area contributed by atoms with Crippen LogP contribution in [-0.4, -0.2) is 41.1 Å². The maximum atomic E-state index is 11.0. The first-order chi connectivity index (χ1) is 12.3. The number of hydrogen-bond acceptors (Lipinski definition) is 7. The van der Waals surface area contributed by atoms with Crippen LogP contribution in [0.15, 0.2) is 37.0 Å². The first-order valence-electron chi connectivity index (χ1n) is 7.31. The summed E-state index contributed by atoms with van der Waals surface area (Å²) in [5.74, 6) is -2.04. The van der Waals surface area contributed by atoms with E-state index in [1.54, 1.807) is 6.07 Å². The molecule has 3 N–H and O–H groups in total. The summed E-state index contributed by atoms with van der Waals surface area (Å²) in [6.45, 7) is 12.5. The predicted octanol–water partition coefficient (Wildman–Crippen LogP) is 1.49. The molecule has 1 amide bonds. The number of esters is 1. The lowest BCUT2D eigenvalue weighted by molar-refractivity contribution is -0.138. The van der Waals surface area contributed by atoms with Crippen LogP contribution >= 0.6 is 0 Å². The van der Waals surface area contributed by atoms with Crippen molar-refractivity contribution in [3.05, 3.63) is 37.0 Å². The molecule has 27 heavy (non-hydrogen) atoms. The third kappa shape index (κ3) is 60.6. The van der Waals surface area contributed by atoms with Gasteiger partial charge < -0.3 is 25.2 Å². The summed E-state index contributed by atoms with van der Waals surface area (Å²) in [5.41, 5.74) is 4.47. The minimum Gasteiger partial charge on any atom is -0.478 e. The molecule has 0 aliphatic heterocycles. The number of carbonyl (C=O) groups is 5. The van der Waals surface area contributed by atoms with E-state index in [4.69, 9.17) is 10.4 Å². The van der Waals surface area contributed by atoms with E-state index >= 15 is 0 Å². The predicted molar refractivity (Wildman–Crippen MR) is 99.2 cm³/mol. The fraction of sp³-hybridized carbons (Fsp3) is 0.333. The number of amides is 1. The second kappa shape index (κ2) is 22.5. The van der Waals surface area contributed by atoms with Crippen molar-refractivity contribution < 1.29 is 33.8 Å². The molecule has 9 nitrogen and oxygen atoms in total. The minimum absolute atomic E-state index is 0.0186. The van der Waals surface area contributed by atoms with E-state index in [0.29, 0.717) is 0 Å². The Morgan fingerprint density at radius 1 is 1.07 bits per heavy atom. The van der Waals surface area contributed by atoms with Crippen LogP contribution in [-0.2, 0) is 28.7 Å². The number of nitrogens with zero attached hydrogens (tertiary/aromatic N) is 1. The van der Waals surface area contributed by atoms with Gasteiger partial charge in [-0.1, -0.05) is 13.2 Å². The third-order valence-electron chi connectivity index (χ3n) is 1.34.